The van der Waals surface area contributed by atoms with Gasteiger partial charge in [0.05, 0.1) is 42.8 Å². The monoisotopic (exact) mass is 388 g/mol. The highest BCUT2D eigenvalue weighted by Gasteiger charge is 2.68. The highest BCUT2D eigenvalue weighted by Crippen LogP contribution is 2.59. The topological polar surface area (TPSA) is 69.8 Å². The molecule has 0 N–H and O–H groups in total. The Hall–Kier alpha value is -0.230. The van der Waals surface area contributed by atoms with Crippen LogP contribution in [0.2, 0.25) is 0 Å². The molecule has 0 bridgehead atoms. The molecule has 5 atom stereocenters. The molecule has 150 valence electrons. The van der Waals surface area contributed by atoms with Crippen LogP contribution in [0.15, 0.2) is 11.6 Å². The molecule has 26 heavy (non-hydrogen) atoms. The van der Waals surface area contributed by atoms with Crippen LogP contribution in [0.4, 0.5) is 0 Å². The minimum absolute atomic E-state index is 0.0112. The van der Waals surface area contributed by atoms with Crippen LogP contribution >= 0.6 is 7.60 Å². The van der Waals surface area contributed by atoms with E-state index >= 15 is 0 Å². The number of allylic oxidation sites excluding steroid dienone is 1. The van der Waals surface area contributed by atoms with Crippen LogP contribution in [0.1, 0.15) is 46.5 Å². The Morgan fingerprint density at radius 3 is 2.58 bits per heavy atom. The fourth-order valence-electron chi connectivity index (χ4n) is 4.31. The summed E-state index contributed by atoms with van der Waals surface area (Å²) < 4.78 is 40.2. The van der Waals surface area contributed by atoms with Crippen LogP contribution in [0.25, 0.3) is 0 Å². The van der Waals surface area contributed by atoms with Gasteiger partial charge in [0.15, 0.2) is 0 Å². The van der Waals surface area contributed by atoms with E-state index in [1.165, 1.54) is 19.8 Å². The Morgan fingerprint density at radius 1 is 1.31 bits per heavy atom. The first-order valence-electron chi connectivity index (χ1n) is 9.54. The van der Waals surface area contributed by atoms with Crippen molar-refractivity contribution in [3.8, 4) is 0 Å². The van der Waals surface area contributed by atoms with Gasteiger partial charge in [-0.1, -0.05) is 11.6 Å². The van der Waals surface area contributed by atoms with Crippen molar-refractivity contribution in [2.75, 3.05) is 33.6 Å². The van der Waals surface area contributed by atoms with Gasteiger partial charge in [-0.3, -0.25) is 4.57 Å². The van der Waals surface area contributed by atoms with Gasteiger partial charge in [0, 0.05) is 20.1 Å². The summed E-state index contributed by atoms with van der Waals surface area (Å²) in [7, 11) is -0.187. The molecule has 2 heterocycles. The molecule has 7 heteroatoms. The third-order valence-electron chi connectivity index (χ3n) is 6.22. The summed E-state index contributed by atoms with van der Waals surface area (Å²) in [5.74, 6) is 0.348. The van der Waals surface area contributed by atoms with Crippen LogP contribution in [-0.4, -0.2) is 57.0 Å². The van der Waals surface area contributed by atoms with Crippen LogP contribution < -0.4 is 0 Å². The van der Waals surface area contributed by atoms with E-state index in [-0.39, 0.29) is 29.6 Å². The van der Waals surface area contributed by atoms with Gasteiger partial charge >= 0.3 is 7.60 Å². The first-order chi connectivity index (χ1) is 12.3. The first-order valence-corrected chi connectivity index (χ1v) is 11.3. The van der Waals surface area contributed by atoms with E-state index in [4.69, 9.17) is 23.3 Å². The molecule has 3 fully saturated rings. The zero-order valence-electron chi connectivity index (χ0n) is 16.7. The van der Waals surface area contributed by atoms with Crippen LogP contribution in [0.3, 0.4) is 0 Å². The Labute approximate surface area is 157 Å². The molecule has 0 radical (unpaired) electrons. The Balaban J connectivity index is 1.55. The molecule has 3 rings (SSSR count). The summed E-state index contributed by atoms with van der Waals surface area (Å²) in [4.78, 5) is 0. The lowest BCUT2D eigenvalue weighted by molar-refractivity contribution is -0.0263. The molecule has 0 aromatic carbocycles. The smallest absolute Gasteiger partial charge is 0.332 e. The Kier molecular flexibility index (Phi) is 6.03. The molecular weight excluding hydrogens is 355 g/mol. The summed E-state index contributed by atoms with van der Waals surface area (Å²) in [6.07, 6.45) is 6.79. The maximum Gasteiger partial charge on any atom is 0.332 e. The Morgan fingerprint density at radius 2 is 2.00 bits per heavy atom. The molecule has 0 aromatic heterocycles. The van der Waals surface area contributed by atoms with Crippen molar-refractivity contribution in [2.45, 2.75) is 69.9 Å². The van der Waals surface area contributed by atoms with Gasteiger partial charge < -0.3 is 23.3 Å². The van der Waals surface area contributed by atoms with Gasteiger partial charge in [-0.15, -0.1) is 0 Å². The summed E-state index contributed by atoms with van der Waals surface area (Å²) >= 11 is 0. The second-order valence-corrected chi connectivity index (χ2v) is 10.6. The second-order valence-electron chi connectivity index (χ2n) is 8.18. The van der Waals surface area contributed by atoms with Gasteiger partial charge in [0.1, 0.15) is 0 Å². The predicted octanol–water partition coefficient (Wildman–Crippen LogP) is 3.94. The largest absolute Gasteiger partial charge is 0.378 e. The maximum absolute atomic E-state index is 12.1. The fraction of sp³-hybridized carbons (Fsp3) is 0.895. The molecule has 2 saturated heterocycles. The van der Waals surface area contributed by atoms with Crippen molar-refractivity contribution < 1.29 is 27.8 Å². The van der Waals surface area contributed by atoms with Crippen LogP contribution in [0.5, 0.6) is 0 Å². The van der Waals surface area contributed by atoms with Gasteiger partial charge in [0.25, 0.3) is 0 Å². The standard InChI is InChI=1S/C19H33O6P/c1-14(2)6-7-17-18(3,25-17)16-12-15(8-9-19(16)13-24-19)23-10-11-26(20,21-4)22-5/h6,15-17H,7-13H2,1-5H3/t15-,16-,17-,18-,19+/m1/s1. The summed E-state index contributed by atoms with van der Waals surface area (Å²) in [6.45, 7) is 7.67. The maximum atomic E-state index is 12.1. The molecule has 6 nitrogen and oxygen atoms in total. The number of ether oxygens (including phenoxy) is 3. The minimum Gasteiger partial charge on any atom is -0.378 e. The molecule has 0 amide bonds. The van der Waals surface area contributed by atoms with Gasteiger partial charge in [-0.25, -0.2) is 0 Å². The average Bonchev–Trinajstić information content (AvgIpc) is 3.52. The molecule has 0 unspecified atom stereocenters. The molecule has 0 aromatic rings. The number of rotatable bonds is 9. The molecular formula is C19H33O6P. The van der Waals surface area contributed by atoms with E-state index in [1.54, 1.807) is 0 Å². The zero-order valence-corrected chi connectivity index (χ0v) is 17.6. The molecule has 2 aliphatic heterocycles. The number of hydrogen-bond acceptors (Lipinski definition) is 6. The van der Waals surface area contributed by atoms with Crippen LogP contribution in [-0.2, 0) is 27.8 Å². The third kappa shape index (κ3) is 4.26. The van der Waals surface area contributed by atoms with Crippen molar-refractivity contribution in [1.82, 2.24) is 0 Å². The first kappa shape index (κ1) is 20.5. The highest BCUT2D eigenvalue weighted by atomic mass is 31.2. The van der Waals surface area contributed by atoms with Crippen molar-refractivity contribution in [3.05, 3.63) is 11.6 Å². The van der Waals surface area contributed by atoms with Gasteiger partial charge in [-0.2, -0.15) is 0 Å². The minimum atomic E-state index is -3.01. The third-order valence-corrected chi connectivity index (χ3v) is 8.07. The molecule has 1 spiro atoms. The highest BCUT2D eigenvalue weighted by molar-refractivity contribution is 7.53. The summed E-state index contributed by atoms with van der Waals surface area (Å²) in [6, 6.07) is 0. The van der Waals surface area contributed by atoms with E-state index in [2.05, 4.69) is 26.8 Å². The van der Waals surface area contributed by atoms with E-state index in [0.29, 0.717) is 12.5 Å². The normalized spacial score (nSPS) is 39.0. The summed E-state index contributed by atoms with van der Waals surface area (Å²) in [5.41, 5.74) is 1.19. The van der Waals surface area contributed by atoms with E-state index < -0.39 is 7.60 Å². The second kappa shape index (κ2) is 7.65. The van der Waals surface area contributed by atoms with Gasteiger partial charge in [0.2, 0.25) is 0 Å². The molecule has 1 saturated carbocycles. The molecule has 1 aliphatic carbocycles. The SMILES string of the molecule is COP(=O)(CCO[C@@H]1CC[C@]2(CO2)[C@@H]([C@@]2(C)O[C@@H]2CC=C(C)C)C1)OC. The zero-order chi connectivity index (χ0) is 19.0. The van der Waals surface area contributed by atoms with Gasteiger partial charge in [-0.05, 0) is 46.5 Å². The lowest BCUT2D eigenvalue weighted by atomic mass is 9.70. The van der Waals surface area contributed by atoms with E-state index in [1.807, 2.05) is 0 Å². The molecule has 3 aliphatic rings. The lowest BCUT2D eigenvalue weighted by Crippen LogP contribution is -2.44. The van der Waals surface area contributed by atoms with Crippen molar-refractivity contribution in [1.29, 1.82) is 0 Å². The number of hydrogen-bond donors (Lipinski definition) is 0. The average molecular weight is 388 g/mol. The Bertz CT molecular complexity index is 575. The van der Waals surface area contributed by atoms with Crippen molar-refractivity contribution >= 4 is 7.60 Å². The van der Waals surface area contributed by atoms with E-state index in [9.17, 15) is 4.57 Å². The lowest BCUT2D eigenvalue weighted by Gasteiger charge is -2.37. The van der Waals surface area contributed by atoms with Crippen molar-refractivity contribution in [3.63, 3.8) is 0 Å². The van der Waals surface area contributed by atoms with E-state index in [0.717, 1.165) is 32.3 Å². The van der Waals surface area contributed by atoms with Crippen molar-refractivity contribution in [2.24, 2.45) is 5.92 Å². The summed E-state index contributed by atoms with van der Waals surface area (Å²) in [5, 5.41) is 0. The van der Waals surface area contributed by atoms with Crippen LogP contribution in [0, 0.1) is 5.92 Å². The number of epoxide rings is 2. The predicted molar refractivity (Wildman–Crippen MR) is 99.6 cm³/mol. The fourth-order valence-corrected chi connectivity index (χ4v) is 5.16. The quantitative estimate of drug-likeness (QED) is 0.339.